The first-order valence-corrected chi connectivity index (χ1v) is 14.8. The lowest BCUT2D eigenvalue weighted by Gasteiger charge is -2.37. The van der Waals surface area contributed by atoms with Crippen LogP contribution in [0.3, 0.4) is 0 Å². The number of nitrogens with zero attached hydrogens (tertiary/aromatic N) is 3. The second-order valence-corrected chi connectivity index (χ2v) is 11.7. The van der Waals surface area contributed by atoms with Crippen molar-refractivity contribution in [3.05, 3.63) is 86.8 Å². The fourth-order valence-corrected chi connectivity index (χ4v) is 6.89. The highest BCUT2D eigenvalue weighted by molar-refractivity contribution is 6.40. The molecular weight excluding hydrogens is 610 g/mol. The number of anilines is 1. The Hall–Kier alpha value is -4.12. The Kier molecular flexibility index (Phi) is 8.24. The van der Waals surface area contributed by atoms with E-state index in [-0.39, 0.29) is 52.1 Å². The van der Waals surface area contributed by atoms with E-state index in [0.717, 1.165) is 18.9 Å². The monoisotopic (exact) mass is 638 g/mol. The second kappa shape index (κ2) is 12.1. The molecule has 6 rings (SSSR count). The van der Waals surface area contributed by atoms with Crippen molar-refractivity contribution in [2.24, 2.45) is 10.7 Å². The molecule has 0 aliphatic carbocycles. The van der Waals surface area contributed by atoms with Crippen LogP contribution >= 0.6 is 23.2 Å². The molecule has 3 heterocycles. The summed E-state index contributed by atoms with van der Waals surface area (Å²) in [5, 5.41) is 10.2. The van der Waals surface area contributed by atoms with E-state index in [4.69, 9.17) is 38.4 Å². The van der Waals surface area contributed by atoms with Crippen LogP contribution < -0.4 is 15.4 Å². The Balaban J connectivity index is 1.33. The molecule has 44 heavy (non-hydrogen) atoms. The van der Waals surface area contributed by atoms with Crippen molar-refractivity contribution in [3.63, 3.8) is 0 Å². The number of nitrogens with two attached hydrogens (primary N) is 1. The normalized spacial score (nSPS) is 19.7. The van der Waals surface area contributed by atoms with Crippen LogP contribution in [0, 0.1) is 5.82 Å². The third-order valence-electron chi connectivity index (χ3n) is 8.27. The summed E-state index contributed by atoms with van der Waals surface area (Å²) in [4.78, 5) is 33.3. The molecular formula is C32H29Cl2FN4O5. The molecule has 2 bridgehead atoms. The molecule has 2 unspecified atom stereocenters. The van der Waals surface area contributed by atoms with Crippen molar-refractivity contribution in [1.82, 2.24) is 4.90 Å². The number of fused-ring (bicyclic) bond motifs is 3. The number of carbonyl (C=O) groups is 2. The number of hydrogen-bond donors (Lipinski definition) is 2. The number of benzene rings is 3. The minimum Gasteiger partial charge on any atom is -0.478 e. The van der Waals surface area contributed by atoms with Crippen molar-refractivity contribution in [2.45, 2.75) is 31.5 Å². The molecule has 3 aromatic carbocycles. The summed E-state index contributed by atoms with van der Waals surface area (Å²) in [6.07, 6.45) is 4.68. The van der Waals surface area contributed by atoms with Gasteiger partial charge in [0.1, 0.15) is 11.6 Å². The summed E-state index contributed by atoms with van der Waals surface area (Å²) >= 11 is 13.1. The summed E-state index contributed by atoms with van der Waals surface area (Å²) in [5.74, 6) is -1.90. The largest absolute Gasteiger partial charge is 0.478 e. The maximum absolute atomic E-state index is 15.6. The minimum absolute atomic E-state index is 0.0241. The second-order valence-electron chi connectivity index (χ2n) is 10.9. The van der Waals surface area contributed by atoms with Gasteiger partial charge in [-0.1, -0.05) is 41.4 Å². The van der Waals surface area contributed by atoms with Crippen LogP contribution in [0.1, 0.15) is 44.7 Å². The average molecular weight is 640 g/mol. The Morgan fingerprint density at radius 1 is 1.09 bits per heavy atom. The third-order valence-corrected chi connectivity index (χ3v) is 8.87. The predicted octanol–water partition coefficient (Wildman–Crippen LogP) is 5.86. The topological polar surface area (TPSA) is 118 Å². The van der Waals surface area contributed by atoms with Crippen LogP contribution in [0.15, 0.2) is 53.7 Å². The van der Waals surface area contributed by atoms with E-state index in [1.807, 2.05) is 0 Å². The van der Waals surface area contributed by atoms with Gasteiger partial charge in [-0.25, -0.2) is 9.18 Å². The number of carbonyl (C=O) groups excluding carboxylic acids is 1. The number of aromatic carboxylic acids is 1. The predicted molar refractivity (Wildman–Crippen MR) is 167 cm³/mol. The van der Waals surface area contributed by atoms with Crippen LogP contribution in [-0.2, 0) is 11.3 Å². The number of hydrogen-bond acceptors (Lipinski definition) is 7. The first-order chi connectivity index (χ1) is 21.2. The SMILES string of the molecule is CN=CC(=CN)c1cc(Cl)c(C(=O)N2COc3c(cccc3-c3cc(N4C5CCC4COC5)c(C(=O)O)cc3F)C2)c(Cl)c1. The van der Waals surface area contributed by atoms with E-state index < -0.39 is 17.7 Å². The summed E-state index contributed by atoms with van der Waals surface area (Å²) in [5.41, 5.74) is 8.71. The summed E-state index contributed by atoms with van der Waals surface area (Å²) in [6, 6.07) is 11.2. The van der Waals surface area contributed by atoms with Gasteiger partial charge in [0.2, 0.25) is 0 Å². The molecule has 9 nitrogen and oxygen atoms in total. The number of halogens is 3. The van der Waals surface area contributed by atoms with E-state index in [9.17, 15) is 14.7 Å². The zero-order valence-corrected chi connectivity index (χ0v) is 25.2. The molecule has 228 valence electrons. The number of rotatable bonds is 6. The van der Waals surface area contributed by atoms with E-state index in [0.29, 0.717) is 46.9 Å². The number of para-hydroxylation sites is 1. The van der Waals surface area contributed by atoms with Crippen LogP contribution in [0.5, 0.6) is 5.75 Å². The Bertz CT molecular complexity index is 1690. The number of ether oxygens (including phenoxy) is 2. The van der Waals surface area contributed by atoms with Gasteiger partial charge in [-0.15, -0.1) is 0 Å². The number of amides is 1. The first-order valence-electron chi connectivity index (χ1n) is 14.0. The number of morpholine rings is 1. The number of carboxylic acids is 1. The van der Waals surface area contributed by atoms with Crippen molar-refractivity contribution in [3.8, 4) is 16.9 Å². The Morgan fingerprint density at radius 2 is 1.80 bits per heavy atom. The van der Waals surface area contributed by atoms with Gasteiger partial charge in [0.05, 0.1) is 58.7 Å². The zero-order valence-electron chi connectivity index (χ0n) is 23.7. The highest BCUT2D eigenvalue weighted by Gasteiger charge is 2.40. The highest BCUT2D eigenvalue weighted by Crippen LogP contribution is 2.43. The van der Waals surface area contributed by atoms with Crippen LogP contribution in [0.25, 0.3) is 16.7 Å². The molecule has 3 aromatic rings. The van der Waals surface area contributed by atoms with Crippen LogP contribution in [0.2, 0.25) is 10.0 Å². The van der Waals surface area contributed by atoms with E-state index >= 15 is 4.39 Å². The molecule has 0 saturated carbocycles. The molecule has 12 heteroatoms. The summed E-state index contributed by atoms with van der Waals surface area (Å²) in [7, 11) is 1.61. The molecule has 3 aliphatic rings. The lowest BCUT2D eigenvalue weighted by Crippen LogP contribution is -2.46. The van der Waals surface area contributed by atoms with Gasteiger partial charge in [-0.2, -0.15) is 0 Å². The third kappa shape index (κ3) is 5.27. The van der Waals surface area contributed by atoms with Gasteiger partial charge in [-0.3, -0.25) is 9.79 Å². The fourth-order valence-electron chi connectivity index (χ4n) is 6.25. The van der Waals surface area contributed by atoms with Gasteiger partial charge in [0, 0.05) is 41.7 Å². The van der Waals surface area contributed by atoms with Gasteiger partial charge in [0.25, 0.3) is 5.91 Å². The molecule has 0 aromatic heterocycles. The number of allylic oxidation sites excluding steroid dienone is 1. The maximum Gasteiger partial charge on any atom is 0.337 e. The lowest BCUT2D eigenvalue weighted by atomic mass is 9.96. The summed E-state index contributed by atoms with van der Waals surface area (Å²) < 4.78 is 27.4. The fraction of sp³-hybridized carbons (Fsp3) is 0.281. The minimum atomic E-state index is -1.20. The first kappa shape index (κ1) is 29.9. The van der Waals surface area contributed by atoms with Gasteiger partial charge in [-0.05, 0) is 42.7 Å². The molecule has 2 fully saturated rings. The quantitative estimate of drug-likeness (QED) is 0.325. The average Bonchev–Trinajstić information content (AvgIpc) is 3.25. The van der Waals surface area contributed by atoms with E-state index in [1.165, 1.54) is 11.1 Å². The van der Waals surface area contributed by atoms with Crippen molar-refractivity contribution in [1.29, 1.82) is 0 Å². The molecule has 0 radical (unpaired) electrons. The molecule has 1 amide bonds. The molecule has 2 atom stereocenters. The van der Waals surface area contributed by atoms with Gasteiger partial charge < -0.3 is 30.1 Å². The van der Waals surface area contributed by atoms with Crippen molar-refractivity contribution < 1.29 is 28.6 Å². The van der Waals surface area contributed by atoms with Crippen molar-refractivity contribution >= 4 is 52.6 Å². The van der Waals surface area contributed by atoms with Crippen LogP contribution in [0.4, 0.5) is 10.1 Å². The standard InChI is InChI=1S/C32H29Cl2FN4O5/c1-37-12-19(11-36)18-7-25(33)29(26(34)8-18)31(40)38-13-17-3-2-4-22(30(17)44-16-38)23-10-28(24(32(41)42)9-27(23)35)39-20-5-6-21(39)15-43-14-20/h2-4,7-12,20-21H,5-6,13-16,36H2,1H3,(H,41,42). The summed E-state index contributed by atoms with van der Waals surface area (Å²) in [6.45, 7) is 1.00. The number of carboxylic acid groups (broad SMARTS) is 1. The zero-order chi connectivity index (χ0) is 31.1. The molecule has 3 N–H and O–H groups in total. The smallest absolute Gasteiger partial charge is 0.337 e. The molecule has 0 spiro atoms. The van der Waals surface area contributed by atoms with Crippen molar-refractivity contribution in [2.75, 3.05) is 31.9 Å². The molecule has 2 saturated heterocycles. The maximum atomic E-state index is 15.6. The lowest BCUT2D eigenvalue weighted by molar-refractivity contribution is 0.0516. The highest BCUT2D eigenvalue weighted by atomic mass is 35.5. The Labute approximate surface area is 263 Å². The Morgan fingerprint density at radius 3 is 2.43 bits per heavy atom. The van der Waals surface area contributed by atoms with E-state index in [2.05, 4.69) is 9.89 Å². The van der Waals surface area contributed by atoms with E-state index in [1.54, 1.807) is 49.7 Å². The van der Waals surface area contributed by atoms with Crippen LogP contribution in [-0.4, -0.2) is 67.2 Å². The molecule has 3 aliphatic heterocycles. The van der Waals surface area contributed by atoms with Gasteiger partial charge in [0.15, 0.2) is 6.73 Å². The van der Waals surface area contributed by atoms with Gasteiger partial charge >= 0.3 is 5.97 Å². The number of aliphatic imine (C=N–C) groups is 1.